The zero-order valence-corrected chi connectivity index (χ0v) is 12.8. The molecule has 1 unspecified atom stereocenters. The van der Waals surface area contributed by atoms with Crippen LogP contribution < -0.4 is 15.4 Å². The smallest absolute Gasteiger partial charge is 0.171 e. The minimum absolute atomic E-state index is 0.0505. The van der Waals surface area contributed by atoms with Crippen LogP contribution in [-0.2, 0) is 0 Å². The molecule has 0 amide bonds. The predicted molar refractivity (Wildman–Crippen MR) is 87.1 cm³/mol. The van der Waals surface area contributed by atoms with Gasteiger partial charge in [-0.05, 0) is 43.4 Å². The van der Waals surface area contributed by atoms with Crippen molar-refractivity contribution in [1.82, 2.24) is 5.32 Å². The number of rotatable bonds is 5. The van der Waals surface area contributed by atoms with Gasteiger partial charge in [0.15, 0.2) is 16.7 Å². The molecule has 0 saturated carbocycles. The summed E-state index contributed by atoms with van der Waals surface area (Å²) >= 11 is 5.13. The predicted octanol–water partition coefficient (Wildman–Crippen LogP) is 3.72. The molecule has 0 aliphatic carbocycles. The number of hydrogen-bond acceptors (Lipinski definition) is 2. The molecule has 2 N–H and O–H groups in total. The summed E-state index contributed by atoms with van der Waals surface area (Å²) < 4.78 is 31.5. The molecule has 0 fully saturated rings. The van der Waals surface area contributed by atoms with E-state index < -0.39 is 11.6 Å². The number of para-hydroxylation sites is 1. The summed E-state index contributed by atoms with van der Waals surface area (Å²) in [5.41, 5.74) is 0.382. The highest BCUT2D eigenvalue weighted by Gasteiger charge is 2.07. The lowest BCUT2D eigenvalue weighted by Crippen LogP contribution is -2.39. The lowest BCUT2D eigenvalue weighted by atomic mass is 10.3. The van der Waals surface area contributed by atoms with Crippen LogP contribution in [0, 0.1) is 11.6 Å². The maximum absolute atomic E-state index is 13.1. The molecule has 6 heteroatoms. The number of nitrogens with one attached hydrogen (secondary N) is 2. The summed E-state index contributed by atoms with van der Waals surface area (Å²) in [7, 11) is 0. The van der Waals surface area contributed by atoms with E-state index in [9.17, 15) is 8.78 Å². The Bertz CT molecular complexity index is 637. The molecule has 3 nitrogen and oxygen atoms in total. The second kappa shape index (κ2) is 7.70. The van der Waals surface area contributed by atoms with Crippen LogP contribution in [0.2, 0.25) is 0 Å². The first-order valence-electron chi connectivity index (χ1n) is 6.75. The Kier molecular flexibility index (Phi) is 5.66. The molecule has 0 spiro atoms. The molecule has 116 valence electrons. The maximum atomic E-state index is 13.1. The third kappa shape index (κ3) is 4.96. The first-order valence-corrected chi connectivity index (χ1v) is 7.16. The van der Waals surface area contributed by atoms with Crippen LogP contribution >= 0.6 is 12.2 Å². The third-order valence-electron chi connectivity index (χ3n) is 2.80. The Labute approximate surface area is 133 Å². The molecule has 1 atom stereocenters. The fraction of sp³-hybridized carbons (Fsp3) is 0.188. The van der Waals surface area contributed by atoms with Gasteiger partial charge < -0.3 is 15.4 Å². The fourth-order valence-corrected chi connectivity index (χ4v) is 2.06. The van der Waals surface area contributed by atoms with E-state index in [0.717, 1.165) is 17.9 Å². The Balaban J connectivity index is 1.79. The van der Waals surface area contributed by atoms with Gasteiger partial charge >= 0.3 is 0 Å². The van der Waals surface area contributed by atoms with Crippen LogP contribution in [0.5, 0.6) is 5.75 Å². The molecule has 0 saturated heterocycles. The Morgan fingerprint density at radius 1 is 1.14 bits per heavy atom. The van der Waals surface area contributed by atoms with Crippen molar-refractivity contribution >= 4 is 23.0 Å². The van der Waals surface area contributed by atoms with Crippen LogP contribution in [0.15, 0.2) is 48.5 Å². The van der Waals surface area contributed by atoms with Crippen molar-refractivity contribution in [3.63, 3.8) is 0 Å². The van der Waals surface area contributed by atoms with E-state index in [0.29, 0.717) is 17.4 Å². The second-order valence-electron chi connectivity index (χ2n) is 4.75. The molecule has 2 aromatic carbocycles. The van der Waals surface area contributed by atoms with Crippen LogP contribution in [0.4, 0.5) is 14.5 Å². The molecule has 22 heavy (non-hydrogen) atoms. The van der Waals surface area contributed by atoms with E-state index in [-0.39, 0.29) is 6.04 Å². The van der Waals surface area contributed by atoms with Gasteiger partial charge in [-0.2, -0.15) is 0 Å². The number of benzene rings is 2. The second-order valence-corrected chi connectivity index (χ2v) is 5.16. The fourth-order valence-electron chi connectivity index (χ4n) is 1.74. The van der Waals surface area contributed by atoms with E-state index in [2.05, 4.69) is 10.6 Å². The monoisotopic (exact) mass is 322 g/mol. The molecule has 0 radical (unpaired) electrons. The zero-order chi connectivity index (χ0) is 15.9. The van der Waals surface area contributed by atoms with Gasteiger partial charge in [0.05, 0.1) is 6.04 Å². The normalized spacial score (nSPS) is 11.6. The largest absolute Gasteiger partial charge is 0.491 e. The highest BCUT2D eigenvalue weighted by Crippen LogP contribution is 2.13. The minimum Gasteiger partial charge on any atom is -0.491 e. The highest BCUT2D eigenvalue weighted by molar-refractivity contribution is 7.80. The average Bonchev–Trinajstić information content (AvgIpc) is 2.50. The zero-order valence-electron chi connectivity index (χ0n) is 12.0. The van der Waals surface area contributed by atoms with Crippen molar-refractivity contribution in [2.24, 2.45) is 0 Å². The summed E-state index contributed by atoms with van der Waals surface area (Å²) in [6.07, 6.45) is 0. The third-order valence-corrected chi connectivity index (χ3v) is 3.02. The average molecular weight is 322 g/mol. The summed E-state index contributed by atoms with van der Waals surface area (Å²) in [6, 6.07) is 12.9. The van der Waals surface area contributed by atoms with Crippen LogP contribution in [-0.4, -0.2) is 17.8 Å². The molecule has 0 bridgehead atoms. The van der Waals surface area contributed by atoms with Crippen molar-refractivity contribution < 1.29 is 13.5 Å². The summed E-state index contributed by atoms with van der Waals surface area (Å²) in [4.78, 5) is 0. The van der Waals surface area contributed by atoms with Crippen molar-refractivity contribution in [2.45, 2.75) is 13.0 Å². The van der Waals surface area contributed by atoms with Gasteiger partial charge in [0.1, 0.15) is 12.4 Å². The topological polar surface area (TPSA) is 33.3 Å². The van der Waals surface area contributed by atoms with Gasteiger partial charge in [0, 0.05) is 11.8 Å². The van der Waals surface area contributed by atoms with Gasteiger partial charge in [0.2, 0.25) is 0 Å². The number of anilines is 1. The van der Waals surface area contributed by atoms with Crippen molar-refractivity contribution in [2.75, 3.05) is 11.9 Å². The Morgan fingerprint density at radius 2 is 1.86 bits per heavy atom. The van der Waals surface area contributed by atoms with Crippen LogP contribution in [0.1, 0.15) is 6.92 Å². The molecule has 0 heterocycles. The Hall–Kier alpha value is -2.21. The molecule has 2 aromatic rings. The molecule has 2 rings (SSSR count). The van der Waals surface area contributed by atoms with Gasteiger partial charge in [-0.25, -0.2) is 8.78 Å². The summed E-state index contributed by atoms with van der Waals surface area (Å²) in [5, 5.41) is 6.12. The minimum atomic E-state index is -0.923. The number of ether oxygens (including phenoxy) is 1. The lowest BCUT2D eigenvalue weighted by Gasteiger charge is -2.17. The summed E-state index contributed by atoms with van der Waals surface area (Å²) in [5.74, 6) is -1.04. The van der Waals surface area contributed by atoms with E-state index in [1.54, 1.807) is 0 Å². The first kappa shape index (κ1) is 16.2. The van der Waals surface area contributed by atoms with Crippen LogP contribution in [0.3, 0.4) is 0 Å². The van der Waals surface area contributed by atoms with Crippen molar-refractivity contribution in [3.8, 4) is 5.75 Å². The molecule has 0 aliphatic rings. The van der Waals surface area contributed by atoms with Gasteiger partial charge in [-0.3, -0.25) is 0 Å². The molecule has 0 aliphatic heterocycles. The van der Waals surface area contributed by atoms with Crippen molar-refractivity contribution in [3.05, 3.63) is 60.2 Å². The van der Waals surface area contributed by atoms with Gasteiger partial charge in [-0.1, -0.05) is 18.2 Å². The van der Waals surface area contributed by atoms with Gasteiger partial charge in [-0.15, -0.1) is 0 Å². The van der Waals surface area contributed by atoms with Crippen LogP contribution in [0.25, 0.3) is 0 Å². The molecule has 0 aromatic heterocycles. The number of hydrogen-bond donors (Lipinski definition) is 2. The quantitative estimate of drug-likeness (QED) is 0.822. The standard InChI is InChI=1S/C16H16F2N2OS/c1-11(10-21-13-5-3-2-4-6-13)19-16(22)20-12-7-8-14(17)15(18)9-12/h2-9,11H,10H2,1H3,(H2,19,20,22). The lowest BCUT2D eigenvalue weighted by molar-refractivity contribution is 0.287. The van der Waals surface area contributed by atoms with E-state index in [4.69, 9.17) is 17.0 Å². The van der Waals surface area contributed by atoms with E-state index in [1.165, 1.54) is 6.07 Å². The van der Waals surface area contributed by atoms with E-state index in [1.807, 2.05) is 37.3 Å². The SMILES string of the molecule is CC(COc1ccccc1)NC(=S)Nc1ccc(F)c(F)c1. The number of thiocarbonyl (C=S) groups is 1. The van der Waals surface area contributed by atoms with Gasteiger partial charge in [0.25, 0.3) is 0 Å². The molecular weight excluding hydrogens is 306 g/mol. The summed E-state index contributed by atoms with van der Waals surface area (Å²) in [6.45, 7) is 2.33. The van der Waals surface area contributed by atoms with Crippen molar-refractivity contribution in [1.29, 1.82) is 0 Å². The maximum Gasteiger partial charge on any atom is 0.171 e. The number of halogens is 2. The first-order chi connectivity index (χ1) is 10.5. The van der Waals surface area contributed by atoms with E-state index >= 15 is 0 Å². The highest BCUT2D eigenvalue weighted by atomic mass is 32.1. The Morgan fingerprint density at radius 3 is 2.55 bits per heavy atom. The molecular formula is C16H16F2N2OS.